The van der Waals surface area contributed by atoms with Crippen LogP contribution < -0.4 is 4.90 Å². The largest absolute Gasteiger partial charge is 0.372 e. The highest BCUT2D eigenvalue weighted by molar-refractivity contribution is 7.91. The molecule has 5 nitrogen and oxygen atoms in total. The Kier molecular flexibility index (Phi) is 5.10. The quantitative estimate of drug-likeness (QED) is 0.761. The van der Waals surface area contributed by atoms with Gasteiger partial charge in [0.05, 0.1) is 15.5 Å². The van der Waals surface area contributed by atoms with Gasteiger partial charge in [-0.1, -0.05) is 0 Å². The lowest BCUT2D eigenvalue weighted by atomic mass is 10.3. The van der Waals surface area contributed by atoms with Crippen molar-refractivity contribution in [3.05, 3.63) is 18.2 Å². The van der Waals surface area contributed by atoms with Crippen LogP contribution in [0.25, 0.3) is 0 Å². The molecule has 1 rings (SSSR count). The van der Waals surface area contributed by atoms with Crippen molar-refractivity contribution in [2.24, 2.45) is 0 Å². The van der Waals surface area contributed by atoms with Crippen LogP contribution in [0.2, 0.25) is 0 Å². The molecule has 0 amide bonds. The van der Waals surface area contributed by atoms with Crippen LogP contribution in [0.15, 0.2) is 28.0 Å². The lowest BCUT2D eigenvalue weighted by Gasteiger charge is -2.23. The Hall–Kier alpha value is -0.790. The highest BCUT2D eigenvalue weighted by Crippen LogP contribution is 2.28. The molecule has 0 aliphatic carbocycles. The number of alkyl halides is 1. The van der Waals surface area contributed by atoms with E-state index < -0.39 is 19.7 Å². The van der Waals surface area contributed by atoms with Gasteiger partial charge in [0.2, 0.25) is 0 Å². The molecule has 1 aromatic rings. The highest BCUT2D eigenvalue weighted by Gasteiger charge is 2.20. The highest BCUT2D eigenvalue weighted by atomic mass is 35.5. The normalized spacial score (nSPS) is 14.1. The molecule has 0 aliphatic rings. The molecule has 20 heavy (non-hydrogen) atoms. The molecule has 0 fully saturated rings. The Morgan fingerprint density at radius 1 is 1.15 bits per heavy atom. The van der Waals surface area contributed by atoms with E-state index in [1.54, 1.807) is 18.9 Å². The summed E-state index contributed by atoms with van der Waals surface area (Å²) < 4.78 is 46.8. The summed E-state index contributed by atoms with van der Waals surface area (Å²) >= 11 is 5.91. The molecule has 0 radical (unpaired) electrons. The Morgan fingerprint density at radius 3 is 2.10 bits per heavy atom. The van der Waals surface area contributed by atoms with Gasteiger partial charge in [-0.3, -0.25) is 0 Å². The first-order valence-corrected chi connectivity index (χ1v) is 10.0. The molecule has 0 aromatic heterocycles. The van der Waals surface area contributed by atoms with E-state index >= 15 is 0 Å². The average Bonchev–Trinajstić information content (AvgIpc) is 2.24. The Balaban J connectivity index is 3.47. The molecule has 8 heteroatoms. The van der Waals surface area contributed by atoms with E-state index in [0.717, 1.165) is 12.5 Å². The number of hydrogen-bond donors (Lipinski definition) is 0. The van der Waals surface area contributed by atoms with Crippen LogP contribution in [0.5, 0.6) is 0 Å². The molecule has 0 aliphatic heterocycles. The van der Waals surface area contributed by atoms with E-state index in [2.05, 4.69) is 0 Å². The molecule has 0 heterocycles. The predicted octanol–water partition coefficient (Wildman–Crippen LogP) is 1.56. The summed E-state index contributed by atoms with van der Waals surface area (Å²) in [7, 11) is -5.30. The summed E-state index contributed by atoms with van der Waals surface area (Å²) in [5, 5.41) is -0.165. The standard InChI is InChI=1S/C12H18ClNO4S2/c1-9(13)8-14(2)11-6-5-10(19(3,15)16)7-12(11)20(4,17)18/h5-7,9H,8H2,1-4H3. The maximum absolute atomic E-state index is 11.9. The van der Waals surface area contributed by atoms with Crippen LogP contribution in [0.4, 0.5) is 5.69 Å². The van der Waals surface area contributed by atoms with Gasteiger partial charge in [-0.05, 0) is 25.1 Å². The molecule has 114 valence electrons. The maximum Gasteiger partial charge on any atom is 0.177 e. The third kappa shape index (κ3) is 4.36. The average molecular weight is 340 g/mol. The summed E-state index contributed by atoms with van der Waals surface area (Å²) in [5.41, 5.74) is 0.437. The summed E-state index contributed by atoms with van der Waals surface area (Å²) in [4.78, 5) is 1.66. The fraction of sp³-hybridized carbons (Fsp3) is 0.500. The molecule has 1 aromatic carbocycles. The molecule has 0 saturated heterocycles. The lowest BCUT2D eigenvalue weighted by molar-refractivity contribution is 0.600. The fourth-order valence-electron chi connectivity index (χ4n) is 1.81. The van der Waals surface area contributed by atoms with Gasteiger partial charge in [0.25, 0.3) is 0 Å². The number of benzene rings is 1. The van der Waals surface area contributed by atoms with Gasteiger partial charge in [-0.25, -0.2) is 16.8 Å². The van der Waals surface area contributed by atoms with E-state index in [-0.39, 0.29) is 15.2 Å². The number of nitrogens with zero attached hydrogens (tertiary/aromatic N) is 1. The molecular formula is C12H18ClNO4S2. The van der Waals surface area contributed by atoms with E-state index in [9.17, 15) is 16.8 Å². The van der Waals surface area contributed by atoms with Crippen molar-refractivity contribution < 1.29 is 16.8 Å². The summed E-state index contributed by atoms with van der Waals surface area (Å²) in [6.45, 7) is 2.24. The second-order valence-corrected chi connectivity index (χ2v) is 9.58. The van der Waals surface area contributed by atoms with Crippen LogP contribution in [0.1, 0.15) is 6.92 Å². The Morgan fingerprint density at radius 2 is 1.70 bits per heavy atom. The van der Waals surface area contributed by atoms with Gasteiger partial charge in [0.1, 0.15) is 0 Å². The number of sulfone groups is 2. The zero-order valence-corrected chi connectivity index (χ0v) is 14.2. The number of hydrogen-bond acceptors (Lipinski definition) is 5. The minimum Gasteiger partial charge on any atom is -0.372 e. The van der Waals surface area contributed by atoms with Crippen LogP contribution >= 0.6 is 11.6 Å². The first-order valence-electron chi connectivity index (χ1n) is 5.82. The number of halogens is 1. The van der Waals surface area contributed by atoms with Crippen molar-refractivity contribution in [1.82, 2.24) is 0 Å². The van der Waals surface area contributed by atoms with E-state index in [1.807, 2.05) is 0 Å². The predicted molar refractivity (Wildman–Crippen MR) is 81.2 cm³/mol. The van der Waals surface area contributed by atoms with Gasteiger partial charge in [-0.15, -0.1) is 11.6 Å². The van der Waals surface area contributed by atoms with Gasteiger partial charge in [-0.2, -0.15) is 0 Å². The van der Waals surface area contributed by atoms with Gasteiger partial charge in [0, 0.05) is 31.5 Å². The fourth-order valence-corrected chi connectivity index (χ4v) is 3.69. The lowest BCUT2D eigenvalue weighted by Crippen LogP contribution is -2.25. The van der Waals surface area contributed by atoms with E-state index in [0.29, 0.717) is 12.2 Å². The van der Waals surface area contributed by atoms with Crippen molar-refractivity contribution >= 4 is 37.0 Å². The second kappa shape index (κ2) is 5.91. The van der Waals surface area contributed by atoms with Crippen molar-refractivity contribution in [3.63, 3.8) is 0 Å². The minimum atomic E-state index is -3.55. The molecule has 1 unspecified atom stereocenters. The summed E-state index contributed by atoms with van der Waals surface area (Å²) in [6.07, 6.45) is 2.09. The van der Waals surface area contributed by atoms with Crippen molar-refractivity contribution in [2.45, 2.75) is 22.1 Å². The molecule has 0 bridgehead atoms. The Bertz CT molecular complexity index is 696. The van der Waals surface area contributed by atoms with Gasteiger partial charge >= 0.3 is 0 Å². The van der Waals surface area contributed by atoms with Gasteiger partial charge < -0.3 is 4.90 Å². The zero-order valence-electron chi connectivity index (χ0n) is 11.8. The zero-order chi connectivity index (χ0) is 15.7. The molecule has 0 saturated carbocycles. The van der Waals surface area contributed by atoms with Crippen molar-refractivity contribution in [1.29, 1.82) is 0 Å². The van der Waals surface area contributed by atoms with Crippen LogP contribution in [0, 0.1) is 0 Å². The molecular weight excluding hydrogens is 322 g/mol. The maximum atomic E-state index is 11.9. The second-order valence-electron chi connectivity index (χ2n) is 4.84. The van der Waals surface area contributed by atoms with Gasteiger partial charge in [0.15, 0.2) is 19.7 Å². The number of rotatable bonds is 5. The van der Waals surface area contributed by atoms with Crippen molar-refractivity contribution in [3.8, 4) is 0 Å². The van der Waals surface area contributed by atoms with Crippen LogP contribution in [-0.4, -0.2) is 48.3 Å². The van der Waals surface area contributed by atoms with E-state index in [1.165, 1.54) is 18.2 Å². The Labute approximate surface area is 125 Å². The third-order valence-corrected chi connectivity index (χ3v) is 5.07. The number of anilines is 1. The molecule has 1 atom stereocenters. The third-order valence-electron chi connectivity index (χ3n) is 2.70. The minimum absolute atomic E-state index is 0.0137. The first-order chi connectivity index (χ1) is 8.93. The molecule has 0 N–H and O–H groups in total. The smallest absolute Gasteiger partial charge is 0.177 e. The summed E-state index contributed by atoms with van der Waals surface area (Å²) in [5.74, 6) is 0. The SMILES string of the molecule is CC(Cl)CN(C)c1ccc(S(C)(=O)=O)cc1S(C)(=O)=O. The first kappa shape index (κ1) is 17.3. The van der Waals surface area contributed by atoms with Crippen LogP contribution in [0.3, 0.4) is 0 Å². The monoisotopic (exact) mass is 339 g/mol. The van der Waals surface area contributed by atoms with E-state index in [4.69, 9.17) is 11.6 Å². The summed E-state index contributed by atoms with van der Waals surface area (Å²) in [6, 6.07) is 4.08. The van der Waals surface area contributed by atoms with Crippen LogP contribution in [-0.2, 0) is 19.7 Å². The molecule has 0 spiro atoms. The topological polar surface area (TPSA) is 71.5 Å². The van der Waals surface area contributed by atoms with Crippen molar-refractivity contribution in [2.75, 3.05) is 31.0 Å².